The minimum absolute atomic E-state index is 0.0611. The van der Waals surface area contributed by atoms with Gasteiger partial charge in [-0.15, -0.1) is 0 Å². The molecule has 8 bridgehead atoms. The molecule has 100 heavy (non-hydrogen) atoms. The van der Waals surface area contributed by atoms with Gasteiger partial charge in [0.05, 0.1) is 0 Å². The maximum atomic E-state index is 14.1. The number of nitrogens with one attached hydrogen (secondary N) is 4. The van der Waals surface area contributed by atoms with Gasteiger partial charge in [-0.3, -0.25) is 0 Å². The first kappa shape index (κ1) is 79.3. The van der Waals surface area contributed by atoms with Crippen LogP contribution in [-0.2, 0) is 44.8 Å². The molecule has 0 fully saturated rings. The highest BCUT2D eigenvalue weighted by Gasteiger charge is 2.43. The molecule has 4 aromatic carbocycles. The van der Waals surface area contributed by atoms with Gasteiger partial charge >= 0.3 is 28.5 Å². The van der Waals surface area contributed by atoms with Gasteiger partial charge in [-0.25, -0.2) is 0 Å². The van der Waals surface area contributed by atoms with Crippen molar-refractivity contribution in [1.29, 1.82) is 0 Å². The summed E-state index contributed by atoms with van der Waals surface area (Å²) in [5.74, 6) is 1.98. The second-order valence-electron chi connectivity index (χ2n) is 33.6. The van der Waals surface area contributed by atoms with E-state index in [-0.39, 0.29) is 97.0 Å². The lowest BCUT2D eigenvalue weighted by atomic mass is 9.72. The van der Waals surface area contributed by atoms with Crippen LogP contribution in [0, 0.1) is 47.3 Å². The van der Waals surface area contributed by atoms with Gasteiger partial charge in [0, 0.05) is 167 Å². The molecule has 8 N–H and O–H groups in total. The number of rotatable bonds is 20. The molecule has 4 unspecified atom stereocenters. The van der Waals surface area contributed by atoms with E-state index >= 15 is 0 Å². The van der Waals surface area contributed by atoms with Gasteiger partial charge in [0.1, 0.15) is 46.0 Å². The first-order valence-corrected chi connectivity index (χ1v) is 39.2. The van der Waals surface area contributed by atoms with E-state index in [4.69, 9.17) is 37.2 Å². The molecule has 5 aliphatic rings. The van der Waals surface area contributed by atoms with Crippen LogP contribution in [-0.4, -0.2) is 99.5 Å². The van der Waals surface area contributed by atoms with E-state index in [2.05, 4.69) is 184 Å². The molecule has 4 aliphatic heterocycles. The second kappa shape index (κ2) is 35.8. The first-order chi connectivity index (χ1) is 47.6. The van der Waals surface area contributed by atoms with E-state index in [0.717, 1.165) is 47.9 Å². The van der Waals surface area contributed by atoms with Crippen LogP contribution >= 0.6 is 0 Å². The number of aromatic hydroxyl groups is 4. The second-order valence-corrected chi connectivity index (χ2v) is 33.6. The van der Waals surface area contributed by atoms with Crippen LogP contribution in [0.25, 0.3) is 0 Å². The molecule has 1 aliphatic carbocycles. The number of hydrogen-bond donors (Lipinski definition) is 8. The third-order valence-electron chi connectivity index (χ3n) is 21.0. The molecule has 0 spiro atoms. The number of fused-ring (bicyclic) bond motifs is 16. The highest BCUT2D eigenvalue weighted by Crippen LogP contribution is 2.58. The summed E-state index contributed by atoms with van der Waals surface area (Å²) in [6.07, 6.45) is 7.75. The van der Waals surface area contributed by atoms with Crippen molar-refractivity contribution in [3.05, 3.63) is 91.0 Å². The van der Waals surface area contributed by atoms with Gasteiger partial charge in [-0.1, -0.05) is 138 Å². The van der Waals surface area contributed by atoms with Crippen molar-refractivity contribution in [2.24, 2.45) is 47.3 Å². The van der Waals surface area contributed by atoms with Crippen molar-refractivity contribution in [2.75, 3.05) is 26.4 Å². The van der Waals surface area contributed by atoms with Gasteiger partial charge in [0.15, 0.2) is 0 Å². The van der Waals surface area contributed by atoms with Gasteiger partial charge in [-0.05, 0) is 148 Å². The maximum Gasteiger partial charge on any atom is 0.525 e. The zero-order chi connectivity index (χ0) is 72.5. The van der Waals surface area contributed by atoms with E-state index in [0.29, 0.717) is 169 Å². The topological polar surface area (TPSA) is 203 Å². The van der Waals surface area contributed by atoms with Crippen LogP contribution < -0.4 is 39.9 Å². The predicted octanol–water partition coefficient (Wildman–Crippen LogP) is 17.2. The Bertz CT molecular complexity index is 2900. The lowest BCUT2D eigenvalue weighted by Gasteiger charge is -2.35. The summed E-state index contributed by atoms with van der Waals surface area (Å²) in [4.78, 5) is 0. The number of hydrogen-bond acceptors (Lipinski definition) is 16. The zero-order valence-corrected chi connectivity index (χ0v) is 65.1. The Morgan fingerprint density at radius 1 is 0.300 bits per heavy atom. The summed E-state index contributed by atoms with van der Waals surface area (Å²) >= 11 is 0. The van der Waals surface area contributed by atoms with Crippen molar-refractivity contribution in [3.8, 4) is 46.0 Å². The maximum absolute atomic E-state index is 14.1. The van der Waals surface area contributed by atoms with E-state index in [9.17, 15) is 20.4 Å². The van der Waals surface area contributed by atoms with Crippen molar-refractivity contribution in [2.45, 2.75) is 289 Å². The SMILES string of the molecule is CCB1OC[C@H](CC(C)C)NCc2c(O)c3cc(c2O1)C(CC(C)C)c1cc(c2c(c1O)CN[C@@H](CC(C)C)COB(CC)O2)C(CC(C)C)c1cc(c2c(c1O)CN[C@@H](CC(C)C)COB(CC)O2)C(CC(C)C)c1cc(c2c(c1O)CN[C@@H](CC(C)C)COB(CC)O2)C3CC(C)C. The molecule has 0 aromatic heterocycles. The van der Waals surface area contributed by atoms with Crippen molar-refractivity contribution >= 4 is 28.5 Å². The normalized spacial score (nSPS) is 22.8. The fourth-order valence-electron chi connectivity index (χ4n) is 16.4. The molecule has 0 amide bonds. The van der Waals surface area contributed by atoms with Crippen LogP contribution in [0.15, 0.2) is 24.3 Å². The van der Waals surface area contributed by atoms with E-state index in [1.54, 1.807) is 0 Å². The fourth-order valence-corrected chi connectivity index (χ4v) is 16.4. The minimum Gasteiger partial charge on any atom is -0.535 e. The molecule has 0 radical (unpaired) electrons. The van der Waals surface area contributed by atoms with Crippen LogP contribution in [0.4, 0.5) is 0 Å². The monoisotopic (exact) mass is 1380 g/mol. The Hall–Kier alpha value is -4.78. The van der Waals surface area contributed by atoms with E-state index in [1.807, 2.05) is 0 Å². The van der Waals surface area contributed by atoms with Gasteiger partial charge < -0.3 is 78.9 Å². The molecule has 4 aromatic rings. The molecule has 9 rings (SSSR count). The van der Waals surface area contributed by atoms with Crippen LogP contribution in [0.5, 0.6) is 46.0 Å². The number of benzene rings is 4. The molecule has 0 saturated heterocycles. The first-order valence-electron chi connectivity index (χ1n) is 39.2. The Morgan fingerprint density at radius 2 is 0.480 bits per heavy atom. The lowest BCUT2D eigenvalue weighted by molar-refractivity contribution is 0.217. The minimum atomic E-state index is -0.674. The molecular formula is C80H128B4N4O12. The molecule has 0 saturated carbocycles. The van der Waals surface area contributed by atoms with E-state index < -0.39 is 52.1 Å². The lowest BCUT2D eigenvalue weighted by Crippen LogP contribution is -2.36. The molecule has 16 nitrogen and oxygen atoms in total. The Labute approximate surface area is 604 Å². The summed E-state index contributed by atoms with van der Waals surface area (Å²) < 4.78 is 57.2. The average Bonchev–Trinajstić information content (AvgIpc) is 0.982. The van der Waals surface area contributed by atoms with E-state index in [1.165, 1.54) is 0 Å². The summed E-state index contributed by atoms with van der Waals surface area (Å²) in [7, 11) is -2.70. The van der Waals surface area contributed by atoms with Gasteiger partial charge in [0.25, 0.3) is 0 Å². The predicted molar refractivity (Wildman–Crippen MR) is 409 cm³/mol. The molecular weight excluding hydrogens is 1250 g/mol. The molecule has 8 atom stereocenters. The van der Waals surface area contributed by atoms with Gasteiger partial charge in [-0.2, -0.15) is 0 Å². The number of phenolic OH excluding ortho intramolecular Hbond substituents is 4. The average molecular weight is 1380 g/mol. The van der Waals surface area contributed by atoms with Crippen LogP contribution in [0.2, 0.25) is 25.3 Å². The van der Waals surface area contributed by atoms with Crippen molar-refractivity contribution < 1.29 is 57.7 Å². The highest BCUT2D eigenvalue weighted by atomic mass is 16.6. The Balaban J connectivity index is 1.56. The summed E-state index contributed by atoms with van der Waals surface area (Å²) in [6.45, 7) is 46.7. The third-order valence-corrected chi connectivity index (χ3v) is 21.0. The Kier molecular flexibility index (Phi) is 28.4. The van der Waals surface area contributed by atoms with Crippen molar-refractivity contribution in [1.82, 2.24) is 21.3 Å². The number of phenols is 4. The van der Waals surface area contributed by atoms with Crippen LogP contribution in [0.3, 0.4) is 0 Å². The smallest absolute Gasteiger partial charge is 0.525 e. The summed E-state index contributed by atoms with van der Waals surface area (Å²) in [5.41, 5.74) is 8.49. The quantitative estimate of drug-likeness (QED) is 0.0388. The Morgan fingerprint density at radius 3 is 0.640 bits per heavy atom. The molecule has 552 valence electrons. The van der Waals surface area contributed by atoms with Crippen LogP contribution in [0.1, 0.15) is 280 Å². The zero-order valence-electron chi connectivity index (χ0n) is 65.1. The highest BCUT2D eigenvalue weighted by molar-refractivity contribution is 6.46. The molecule has 20 heteroatoms. The van der Waals surface area contributed by atoms with Gasteiger partial charge in [0.2, 0.25) is 0 Å². The standard InChI is InChI=1S/C80H128B4N4O12/c1-21-81-93-41-53(25-45(5)6)85-37-69-73(89)61-33-65(77(69)97-81)57(29-49(13)14)62-34-66(78-70(74(62)90)38-86-54(26-46(7)8)42-94-82(22-2)98-78)59(31-51(17)18)64-36-68(80-72(76(64)92)40-88-56(28-48(11)12)44-96-84(24-4)100-80)60(32-52(19)20)63-35-67(58(61)30-50(15)16)79-71(75(63)91)39-87-55(27-47(9)10)43-95-83(23-3)99-79/h33-36,45-60,85-92H,21-32,37-44H2,1-20H3/t53-,54-,55-,56-,57?,58?,59?,60?/m0/s1. The summed E-state index contributed by atoms with van der Waals surface area (Å²) in [6, 6.07) is 8.53. The van der Waals surface area contributed by atoms with Crippen molar-refractivity contribution in [3.63, 3.8) is 0 Å². The largest absolute Gasteiger partial charge is 0.535 e. The third kappa shape index (κ3) is 19.2. The fraction of sp³-hybridized carbons (Fsp3) is 0.700. The summed E-state index contributed by atoms with van der Waals surface area (Å²) in [5, 5.41) is 72.0. The molecule has 4 heterocycles.